The van der Waals surface area contributed by atoms with Crippen LogP contribution in [0.5, 0.6) is 0 Å². The predicted octanol–water partition coefficient (Wildman–Crippen LogP) is 2.69. The molecule has 0 spiro atoms. The van der Waals surface area contributed by atoms with E-state index in [1.807, 2.05) is 13.0 Å². The maximum atomic E-state index is 12.2. The van der Waals surface area contributed by atoms with E-state index in [4.69, 9.17) is 5.84 Å². The molecule has 2 rings (SSSR count). The average molecular weight is 321 g/mol. The van der Waals surface area contributed by atoms with Crippen LogP contribution in [0.3, 0.4) is 0 Å². The smallest absolute Gasteiger partial charge is 0.259 e. The minimum absolute atomic E-state index is 0.268. The number of aryl methyl sites for hydroxylation is 1. The lowest BCUT2D eigenvalue weighted by Crippen LogP contribution is -2.18. The number of amides is 1. The van der Waals surface area contributed by atoms with E-state index in [1.165, 1.54) is 0 Å². The number of rotatable bonds is 3. The quantitative estimate of drug-likeness (QED) is 0.600. The van der Waals surface area contributed by atoms with Gasteiger partial charge in [-0.25, -0.2) is 4.98 Å². The van der Waals surface area contributed by atoms with Gasteiger partial charge in [0.1, 0.15) is 5.82 Å². The number of hydrogen-bond donors (Lipinski definition) is 3. The summed E-state index contributed by atoms with van der Waals surface area (Å²) in [5, 5.41) is 2.74. The summed E-state index contributed by atoms with van der Waals surface area (Å²) in [4.78, 5) is 16.3. The molecule has 0 aliphatic carbocycles. The van der Waals surface area contributed by atoms with Gasteiger partial charge in [-0.3, -0.25) is 10.6 Å². The molecule has 19 heavy (non-hydrogen) atoms. The van der Waals surface area contributed by atoms with Gasteiger partial charge in [0, 0.05) is 6.20 Å². The highest BCUT2D eigenvalue weighted by molar-refractivity contribution is 9.10. The molecule has 0 saturated heterocycles. The van der Waals surface area contributed by atoms with Crippen molar-refractivity contribution in [1.82, 2.24) is 4.98 Å². The molecular weight excluding hydrogens is 308 g/mol. The lowest BCUT2D eigenvalue weighted by molar-refractivity contribution is 0.102. The van der Waals surface area contributed by atoms with Gasteiger partial charge in [0.05, 0.1) is 15.7 Å². The molecule has 1 heterocycles. The Hall–Kier alpha value is -1.92. The van der Waals surface area contributed by atoms with Crippen molar-refractivity contribution in [2.45, 2.75) is 6.92 Å². The van der Waals surface area contributed by atoms with Crippen LogP contribution in [-0.4, -0.2) is 10.9 Å². The highest BCUT2D eigenvalue weighted by atomic mass is 79.9. The number of halogens is 1. The highest BCUT2D eigenvalue weighted by Crippen LogP contribution is 2.21. The van der Waals surface area contributed by atoms with Crippen LogP contribution in [0.2, 0.25) is 0 Å². The van der Waals surface area contributed by atoms with E-state index in [1.54, 1.807) is 30.5 Å². The lowest BCUT2D eigenvalue weighted by atomic mass is 10.1. The summed E-state index contributed by atoms with van der Waals surface area (Å²) in [6.45, 7) is 1.91. The van der Waals surface area contributed by atoms with E-state index in [-0.39, 0.29) is 5.91 Å². The number of hydrogen-bond acceptors (Lipinski definition) is 4. The fraction of sp³-hybridized carbons (Fsp3) is 0.0769. The third kappa shape index (κ3) is 3.10. The number of nitrogens with zero attached hydrogens (tertiary/aromatic N) is 1. The molecule has 2 aromatic rings. The molecule has 98 valence electrons. The summed E-state index contributed by atoms with van der Waals surface area (Å²) in [6, 6.07) is 8.99. The zero-order chi connectivity index (χ0) is 13.8. The number of carbonyl (C=O) groups is 1. The number of carbonyl (C=O) groups excluding carboxylic acids is 1. The maximum Gasteiger partial charge on any atom is 0.259 e. The molecule has 0 bridgehead atoms. The molecule has 0 aliphatic rings. The van der Waals surface area contributed by atoms with Crippen LogP contribution in [-0.2, 0) is 0 Å². The second-order valence-corrected chi connectivity index (χ2v) is 4.84. The second-order valence-electron chi connectivity index (χ2n) is 3.98. The van der Waals surface area contributed by atoms with Crippen molar-refractivity contribution >= 4 is 33.3 Å². The first-order valence-corrected chi connectivity index (χ1v) is 6.40. The van der Waals surface area contributed by atoms with Gasteiger partial charge in [0.15, 0.2) is 0 Å². The number of nitrogens with two attached hydrogens (primary N) is 1. The fourth-order valence-electron chi connectivity index (χ4n) is 1.62. The zero-order valence-electron chi connectivity index (χ0n) is 10.3. The Labute approximate surface area is 119 Å². The van der Waals surface area contributed by atoms with Gasteiger partial charge in [-0.05, 0) is 47.1 Å². The summed E-state index contributed by atoms with van der Waals surface area (Å²) < 4.78 is 0.721. The molecule has 4 N–H and O–H groups in total. The van der Waals surface area contributed by atoms with Gasteiger partial charge in [-0.2, -0.15) is 0 Å². The number of aromatic nitrogens is 1. The van der Waals surface area contributed by atoms with Crippen molar-refractivity contribution in [3.05, 3.63) is 52.1 Å². The molecule has 0 fully saturated rings. The number of nitrogen functional groups attached to an aromatic ring is 1. The van der Waals surface area contributed by atoms with Crippen molar-refractivity contribution in [1.29, 1.82) is 0 Å². The number of anilines is 2. The van der Waals surface area contributed by atoms with E-state index >= 15 is 0 Å². The summed E-state index contributed by atoms with van der Waals surface area (Å²) in [5.74, 6) is 5.61. The first-order chi connectivity index (χ1) is 9.11. The van der Waals surface area contributed by atoms with E-state index in [9.17, 15) is 4.79 Å². The van der Waals surface area contributed by atoms with E-state index in [2.05, 4.69) is 31.7 Å². The molecule has 1 amide bonds. The average Bonchev–Trinajstić information content (AvgIpc) is 2.41. The van der Waals surface area contributed by atoms with Crippen LogP contribution < -0.4 is 16.6 Å². The Morgan fingerprint density at radius 3 is 2.84 bits per heavy atom. The van der Waals surface area contributed by atoms with Crippen LogP contribution in [0, 0.1) is 6.92 Å². The third-order valence-corrected chi connectivity index (χ3v) is 3.21. The zero-order valence-corrected chi connectivity index (χ0v) is 11.9. The molecular formula is C13H13BrN4O. The number of nitrogens with one attached hydrogen (secondary N) is 2. The van der Waals surface area contributed by atoms with Crippen LogP contribution in [0.1, 0.15) is 15.9 Å². The Balaban J connectivity index is 2.30. The normalized spacial score (nSPS) is 10.1. The first kappa shape index (κ1) is 13.5. The Kier molecular flexibility index (Phi) is 4.13. The molecule has 6 heteroatoms. The summed E-state index contributed by atoms with van der Waals surface area (Å²) >= 11 is 3.33. The number of hydrazine groups is 1. The van der Waals surface area contributed by atoms with Gasteiger partial charge in [0.2, 0.25) is 0 Å². The molecule has 0 radical (unpaired) electrons. The fourth-order valence-corrected chi connectivity index (χ4v) is 1.98. The topological polar surface area (TPSA) is 80.0 Å². The molecule has 1 aromatic carbocycles. The van der Waals surface area contributed by atoms with Gasteiger partial charge in [0.25, 0.3) is 5.91 Å². The number of pyridine rings is 1. The van der Waals surface area contributed by atoms with Crippen molar-refractivity contribution in [3.8, 4) is 0 Å². The predicted molar refractivity (Wildman–Crippen MR) is 78.9 cm³/mol. The minimum atomic E-state index is -0.268. The summed E-state index contributed by atoms with van der Waals surface area (Å²) in [5.41, 5.74) is 4.52. The summed E-state index contributed by atoms with van der Waals surface area (Å²) in [6.07, 6.45) is 1.61. The Bertz CT molecular complexity index is 615. The third-order valence-electron chi connectivity index (χ3n) is 2.57. The van der Waals surface area contributed by atoms with Crippen LogP contribution >= 0.6 is 15.9 Å². The standard InChI is InChI=1S/C13H13BrN4O/c1-8-4-5-11(18-15)9(7-8)13(19)17-12-10(14)3-2-6-16-12/h2-7,18H,15H2,1H3,(H,16,17,19). The molecule has 0 unspecified atom stereocenters. The van der Waals surface area contributed by atoms with Crippen LogP contribution in [0.25, 0.3) is 0 Å². The van der Waals surface area contributed by atoms with Crippen molar-refractivity contribution in [2.75, 3.05) is 10.7 Å². The number of benzene rings is 1. The van der Waals surface area contributed by atoms with Crippen molar-refractivity contribution in [3.63, 3.8) is 0 Å². The SMILES string of the molecule is Cc1ccc(NN)c(C(=O)Nc2ncccc2Br)c1. The first-order valence-electron chi connectivity index (χ1n) is 5.61. The molecule has 0 aliphatic heterocycles. The van der Waals surface area contributed by atoms with Gasteiger partial charge >= 0.3 is 0 Å². The van der Waals surface area contributed by atoms with Crippen LogP contribution in [0.15, 0.2) is 41.0 Å². The van der Waals surface area contributed by atoms with Crippen molar-refractivity contribution < 1.29 is 4.79 Å². The van der Waals surface area contributed by atoms with E-state index < -0.39 is 0 Å². The lowest BCUT2D eigenvalue weighted by Gasteiger charge is -2.10. The summed E-state index contributed by atoms with van der Waals surface area (Å²) in [7, 11) is 0. The maximum absolute atomic E-state index is 12.2. The molecule has 0 atom stereocenters. The molecule has 0 saturated carbocycles. The largest absolute Gasteiger partial charge is 0.323 e. The molecule has 1 aromatic heterocycles. The Morgan fingerprint density at radius 1 is 1.37 bits per heavy atom. The van der Waals surface area contributed by atoms with Crippen LogP contribution in [0.4, 0.5) is 11.5 Å². The van der Waals surface area contributed by atoms with Gasteiger partial charge in [-0.1, -0.05) is 11.6 Å². The Morgan fingerprint density at radius 2 is 2.16 bits per heavy atom. The van der Waals surface area contributed by atoms with Gasteiger partial charge in [-0.15, -0.1) is 0 Å². The van der Waals surface area contributed by atoms with Crippen molar-refractivity contribution in [2.24, 2.45) is 5.84 Å². The molecule has 5 nitrogen and oxygen atoms in total. The van der Waals surface area contributed by atoms with E-state index in [0.717, 1.165) is 10.0 Å². The second kappa shape index (κ2) is 5.81. The van der Waals surface area contributed by atoms with E-state index in [0.29, 0.717) is 17.1 Å². The highest BCUT2D eigenvalue weighted by Gasteiger charge is 2.13. The monoisotopic (exact) mass is 320 g/mol. The minimum Gasteiger partial charge on any atom is -0.323 e. The van der Waals surface area contributed by atoms with Gasteiger partial charge < -0.3 is 10.7 Å².